The summed E-state index contributed by atoms with van der Waals surface area (Å²) >= 11 is 0. The van der Waals surface area contributed by atoms with Gasteiger partial charge in [-0.2, -0.15) is 0 Å². The second-order valence-corrected chi connectivity index (χ2v) is 3.71. The zero-order chi connectivity index (χ0) is 10.2. The Bertz CT molecular complexity index is 211. The van der Waals surface area contributed by atoms with Gasteiger partial charge in [0.25, 0.3) is 0 Å². The number of rotatable bonds is 5. The highest BCUT2D eigenvalue weighted by Crippen LogP contribution is 2.19. The van der Waals surface area contributed by atoms with Crippen LogP contribution in [0, 0.1) is 0 Å². The first kappa shape index (κ1) is 11.2. The molecule has 0 heterocycles. The zero-order valence-corrected chi connectivity index (χ0v) is 8.94. The molecule has 0 saturated carbocycles. The number of amides is 1. The number of allylic oxidation sites excluding steroid dienone is 1. The molecule has 1 amide bonds. The normalized spacial score (nSPS) is 16.2. The first-order valence-corrected chi connectivity index (χ1v) is 5.42. The Morgan fingerprint density at radius 1 is 1.50 bits per heavy atom. The van der Waals surface area contributed by atoms with Gasteiger partial charge in [-0.1, -0.05) is 11.6 Å². The molecule has 3 heteroatoms. The van der Waals surface area contributed by atoms with Gasteiger partial charge >= 0.3 is 0 Å². The number of carbonyl (C=O) groups is 1. The molecule has 0 saturated heterocycles. The van der Waals surface area contributed by atoms with Crippen LogP contribution in [0.25, 0.3) is 0 Å². The Hall–Kier alpha value is -0.830. The van der Waals surface area contributed by atoms with E-state index in [0.29, 0.717) is 6.54 Å². The predicted molar refractivity (Wildman–Crippen MR) is 58.1 cm³/mol. The van der Waals surface area contributed by atoms with Crippen molar-refractivity contribution in [2.45, 2.75) is 32.1 Å². The minimum atomic E-state index is 0.0580. The van der Waals surface area contributed by atoms with E-state index in [0.717, 1.165) is 13.0 Å². The van der Waals surface area contributed by atoms with Crippen LogP contribution < -0.4 is 10.6 Å². The highest BCUT2D eigenvalue weighted by atomic mass is 16.1. The molecular weight excluding hydrogens is 176 g/mol. The maximum atomic E-state index is 10.9. The van der Waals surface area contributed by atoms with Gasteiger partial charge in [0.2, 0.25) is 5.91 Å². The Balaban J connectivity index is 2.03. The van der Waals surface area contributed by atoms with Crippen molar-refractivity contribution in [3.63, 3.8) is 0 Å². The van der Waals surface area contributed by atoms with Crippen LogP contribution >= 0.6 is 0 Å². The van der Waals surface area contributed by atoms with Gasteiger partial charge in [-0.3, -0.25) is 4.79 Å². The molecule has 0 aliphatic heterocycles. The van der Waals surface area contributed by atoms with E-state index in [1.165, 1.54) is 25.7 Å². The maximum absolute atomic E-state index is 10.9. The van der Waals surface area contributed by atoms with Crippen LogP contribution in [0.4, 0.5) is 0 Å². The molecule has 3 nitrogen and oxygen atoms in total. The van der Waals surface area contributed by atoms with Crippen LogP contribution in [0.2, 0.25) is 0 Å². The topological polar surface area (TPSA) is 41.1 Å². The molecule has 80 valence electrons. The largest absolute Gasteiger partial charge is 0.358 e. The molecule has 0 atom stereocenters. The lowest BCUT2D eigenvalue weighted by molar-refractivity contribution is -0.119. The average molecular weight is 196 g/mol. The van der Waals surface area contributed by atoms with Crippen LogP contribution in [0.15, 0.2) is 11.6 Å². The van der Waals surface area contributed by atoms with Crippen molar-refractivity contribution in [1.82, 2.24) is 10.6 Å². The molecular formula is C11H20N2O. The summed E-state index contributed by atoms with van der Waals surface area (Å²) in [5.74, 6) is 0.0580. The lowest BCUT2D eigenvalue weighted by Crippen LogP contribution is -2.31. The summed E-state index contributed by atoms with van der Waals surface area (Å²) in [6, 6.07) is 0. The van der Waals surface area contributed by atoms with Gasteiger partial charge in [-0.25, -0.2) is 0 Å². The smallest absolute Gasteiger partial charge is 0.233 e. The van der Waals surface area contributed by atoms with Crippen molar-refractivity contribution in [2.75, 3.05) is 20.1 Å². The third kappa shape index (κ3) is 4.42. The third-order valence-electron chi connectivity index (χ3n) is 2.57. The number of hydrogen-bond acceptors (Lipinski definition) is 2. The Morgan fingerprint density at radius 3 is 3.00 bits per heavy atom. The Morgan fingerprint density at radius 2 is 2.36 bits per heavy atom. The minimum Gasteiger partial charge on any atom is -0.358 e. The van der Waals surface area contributed by atoms with Crippen LogP contribution in [0.1, 0.15) is 32.1 Å². The highest BCUT2D eigenvalue weighted by molar-refractivity contribution is 5.77. The summed E-state index contributed by atoms with van der Waals surface area (Å²) in [5, 5.41) is 5.72. The summed E-state index contributed by atoms with van der Waals surface area (Å²) in [7, 11) is 1.66. The van der Waals surface area contributed by atoms with E-state index in [4.69, 9.17) is 0 Å². The van der Waals surface area contributed by atoms with Gasteiger partial charge in [0.15, 0.2) is 0 Å². The quantitative estimate of drug-likeness (QED) is 0.512. The van der Waals surface area contributed by atoms with E-state index >= 15 is 0 Å². The van der Waals surface area contributed by atoms with E-state index in [1.54, 1.807) is 12.6 Å². The van der Waals surface area contributed by atoms with Gasteiger partial charge in [0.05, 0.1) is 6.54 Å². The molecule has 0 fully saturated rings. The van der Waals surface area contributed by atoms with Gasteiger partial charge in [0.1, 0.15) is 0 Å². The van der Waals surface area contributed by atoms with E-state index < -0.39 is 0 Å². The molecule has 1 aliphatic carbocycles. The molecule has 1 aliphatic rings. The van der Waals surface area contributed by atoms with Gasteiger partial charge in [-0.15, -0.1) is 0 Å². The van der Waals surface area contributed by atoms with Crippen LogP contribution in [-0.4, -0.2) is 26.0 Å². The van der Waals surface area contributed by atoms with Gasteiger partial charge < -0.3 is 10.6 Å². The molecule has 0 unspecified atom stereocenters. The second kappa shape index (κ2) is 6.60. The minimum absolute atomic E-state index is 0.0580. The number of likely N-dealkylation sites (N-methyl/N-ethyl adjacent to an activating group) is 1. The Kier molecular flexibility index (Phi) is 5.30. The number of hydrogen-bond donors (Lipinski definition) is 2. The number of nitrogens with one attached hydrogen (secondary N) is 2. The van der Waals surface area contributed by atoms with Crippen molar-refractivity contribution >= 4 is 5.91 Å². The maximum Gasteiger partial charge on any atom is 0.233 e. The predicted octanol–water partition coefficient (Wildman–Crippen LogP) is 1.21. The molecule has 0 aromatic rings. The second-order valence-electron chi connectivity index (χ2n) is 3.71. The summed E-state index contributed by atoms with van der Waals surface area (Å²) in [5.41, 5.74) is 1.56. The van der Waals surface area contributed by atoms with E-state index in [2.05, 4.69) is 16.7 Å². The molecule has 0 bridgehead atoms. The van der Waals surface area contributed by atoms with Gasteiger partial charge in [0, 0.05) is 7.05 Å². The lowest BCUT2D eigenvalue weighted by atomic mass is 9.97. The number of carbonyl (C=O) groups excluding carboxylic acids is 1. The molecule has 0 aromatic heterocycles. The fraction of sp³-hybridized carbons (Fsp3) is 0.727. The van der Waals surface area contributed by atoms with Crippen LogP contribution in [-0.2, 0) is 4.79 Å². The van der Waals surface area contributed by atoms with Crippen molar-refractivity contribution < 1.29 is 4.79 Å². The van der Waals surface area contributed by atoms with E-state index in [1.807, 2.05) is 0 Å². The van der Waals surface area contributed by atoms with Crippen molar-refractivity contribution in [3.05, 3.63) is 11.6 Å². The molecule has 1 rings (SSSR count). The SMILES string of the molecule is CNC(=O)CNCCC1=CCCCC1. The van der Waals surface area contributed by atoms with Crippen molar-refractivity contribution in [2.24, 2.45) is 0 Å². The lowest BCUT2D eigenvalue weighted by Gasteiger charge is -2.12. The van der Waals surface area contributed by atoms with E-state index in [9.17, 15) is 4.79 Å². The van der Waals surface area contributed by atoms with Gasteiger partial charge in [-0.05, 0) is 38.6 Å². The van der Waals surface area contributed by atoms with Crippen LogP contribution in [0.5, 0.6) is 0 Å². The molecule has 2 N–H and O–H groups in total. The Labute approximate surface area is 86.0 Å². The van der Waals surface area contributed by atoms with Crippen molar-refractivity contribution in [3.8, 4) is 0 Å². The highest BCUT2D eigenvalue weighted by Gasteiger charge is 2.03. The standard InChI is InChI=1S/C11H20N2O/c1-12-11(14)9-13-8-7-10-5-3-2-4-6-10/h5,13H,2-4,6-9H2,1H3,(H,12,14). The molecule has 14 heavy (non-hydrogen) atoms. The van der Waals surface area contributed by atoms with Crippen molar-refractivity contribution in [1.29, 1.82) is 0 Å². The summed E-state index contributed by atoms with van der Waals surface area (Å²) in [4.78, 5) is 10.9. The molecule has 0 aromatic carbocycles. The zero-order valence-electron chi connectivity index (χ0n) is 8.94. The summed E-state index contributed by atoms with van der Waals surface area (Å²) in [6.07, 6.45) is 8.62. The first-order chi connectivity index (χ1) is 6.83. The third-order valence-corrected chi connectivity index (χ3v) is 2.57. The molecule has 0 spiro atoms. The molecule has 0 radical (unpaired) electrons. The fourth-order valence-corrected chi connectivity index (χ4v) is 1.67. The van der Waals surface area contributed by atoms with E-state index in [-0.39, 0.29) is 5.91 Å². The van der Waals surface area contributed by atoms with Crippen LogP contribution in [0.3, 0.4) is 0 Å². The average Bonchev–Trinajstić information content (AvgIpc) is 2.25. The summed E-state index contributed by atoms with van der Waals surface area (Å²) in [6.45, 7) is 1.35. The fourth-order valence-electron chi connectivity index (χ4n) is 1.67. The summed E-state index contributed by atoms with van der Waals surface area (Å²) < 4.78 is 0. The monoisotopic (exact) mass is 196 g/mol. The first-order valence-electron chi connectivity index (χ1n) is 5.42.